The lowest BCUT2D eigenvalue weighted by molar-refractivity contribution is 0.108. The molecule has 1 fully saturated rings. The first-order valence-electron chi connectivity index (χ1n) is 8.66. The molecule has 2 N–H and O–H groups in total. The predicted molar refractivity (Wildman–Crippen MR) is 113 cm³/mol. The van der Waals surface area contributed by atoms with Crippen molar-refractivity contribution in [2.24, 2.45) is 4.99 Å². The zero-order chi connectivity index (χ0) is 18.4. The van der Waals surface area contributed by atoms with E-state index in [4.69, 9.17) is 4.74 Å². The topological polar surface area (TPSA) is 70.0 Å². The molecule has 1 aromatic heterocycles. The van der Waals surface area contributed by atoms with E-state index in [-0.39, 0.29) is 35.9 Å². The largest absolute Gasteiger partial charge is 0.457 e. The average Bonchev–Trinajstić information content (AvgIpc) is 2.66. The van der Waals surface area contributed by atoms with Gasteiger partial charge >= 0.3 is 0 Å². The van der Waals surface area contributed by atoms with Gasteiger partial charge in [0, 0.05) is 32.4 Å². The molecule has 0 radical (unpaired) electrons. The summed E-state index contributed by atoms with van der Waals surface area (Å²) in [5.41, 5.74) is 0.808. The number of aliphatic hydroxyl groups is 1. The molecule has 0 atom stereocenters. The maximum absolute atomic E-state index is 13.0. The predicted octanol–water partition coefficient (Wildman–Crippen LogP) is 3.16. The summed E-state index contributed by atoms with van der Waals surface area (Å²) in [5.74, 6) is 1.70. The van der Waals surface area contributed by atoms with Gasteiger partial charge in [-0.2, -0.15) is 0 Å². The molecule has 146 valence electrons. The molecule has 0 unspecified atom stereocenters. The van der Waals surface area contributed by atoms with Crippen LogP contribution in [0.2, 0.25) is 0 Å². The van der Waals surface area contributed by atoms with Crippen molar-refractivity contribution in [2.75, 3.05) is 20.1 Å². The summed E-state index contributed by atoms with van der Waals surface area (Å²) in [6.07, 6.45) is 2.96. The Balaban J connectivity index is 0.00000261. The van der Waals surface area contributed by atoms with Gasteiger partial charge < -0.3 is 20.1 Å². The molecule has 1 aliphatic rings. The normalized spacial score (nSPS) is 15.2. The van der Waals surface area contributed by atoms with Crippen LogP contribution in [0.4, 0.5) is 4.39 Å². The summed E-state index contributed by atoms with van der Waals surface area (Å²) in [4.78, 5) is 10.8. The smallest absolute Gasteiger partial charge is 0.193 e. The fraction of sp³-hybridized carbons (Fsp3) is 0.368. The minimum Gasteiger partial charge on any atom is -0.457 e. The highest BCUT2D eigenvalue weighted by Crippen LogP contribution is 2.21. The van der Waals surface area contributed by atoms with Gasteiger partial charge in [-0.1, -0.05) is 0 Å². The third-order valence-electron chi connectivity index (χ3n) is 4.24. The van der Waals surface area contributed by atoms with Gasteiger partial charge in [0.15, 0.2) is 5.96 Å². The van der Waals surface area contributed by atoms with E-state index in [0.29, 0.717) is 18.0 Å². The minimum atomic E-state index is -0.298. The van der Waals surface area contributed by atoms with Crippen LogP contribution in [-0.4, -0.2) is 47.2 Å². The quantitative estimate of drug-likeness (QED) is 0.395. The van der Waals surface area contributed by atoms with E-state index in [2.05, 4.69) is 20.2 Å². The first-order chi connectivity index (χ1) is 12.6. The van der Waals surface area contributed by atoms with Gasteiger partial charge in [-0.25, -0.2) is 4.39 Å². The third-order valence-corrected chi connectivity index (χ3v) is 4.24. The maximum atomic E-state index is 13.0. The summed E-state index contributed by atoms with van der Waals surface area (Å²) in [6.45, 7) is 2.07. The van der Waals surface area contributed by atoms with Crippen LogP contribution < -0.4 is 10.1 Å². The number of aromatic nitrogens is 1. The zero-order valence-corrected chi connectivity index (χ0v) is 17.5. The Morgan fingerprint density at radius 3 is 2.63 bits per heavy atom. The summed E-state index contributed by atoms with van der Waals surface area (Å²) >= 11 is 0. The Labute approximate surface area is 175 Å². The van der Waals surface area contributed by atoms with Gasteiger partial charge in [0.05, 0.1) is 18.3 Å². The number of pyridine rings is 1. The molecule has 2 aromatic rings. The highest BCUT2D eigenvalue weighted by Gasteiger charge is 2.19. The Morgan fingerprint density at radius 1 is 1.26 bits per heavy atom. The molecule has 27 heavy (non-hydrogen) atoms. The molecule has 1 saturated heterocycles. The Kier molecular flexibility index (Phi) is 8.23. The fourth-order valence-corrected chi connectivity index (χ4v) is 2.83. The molecular weight excluding hydrogens is 462 g/mol. The number of rotatable bonds is 4. The van der Waals surface area contributed by atoms with Crippen molar-refractivity contribution >= 4 is 29.9 Å². The summed E-state index contributed by atoms with van der Waals surface area (Å²) in [6, 6.07) is 9.48. The number of guanidine groups is 1. The van der Waals surface area contributed by atoms with Crippen LogP contribution >= 0.6 is 24.0 Å². The zero-order valence-electron chi connectivity index (χ0n) is 15.1. The van der Waals surface area contributed by atoms with Gasteiger partial charge in [-0.3, -0.25) is 9.98 Å². The Hall–Kier alpha value is -1.94. The van der Waals surface area contributed by atoms with Crippen LogP contribution in [0.25, 0.3) is 0 Å². The van der Waals surface area contributed by atoms with Gasteiger partial charge in [-0.15, -0.1) is 24.0 Å². The van der Waals surface area contributed by atoms with Crippen molar-refractivity contribution in [1.29, 1.82) is 0 Å². The Bertz CT molecular complexity index is 750. The first kappa shape index (κ1) is 21.4. The summed E-state index contributed by atoms with van der Waals surface area (Å²) < 4.78 is 18.7. The summed E-state index contributed by atoms with van der Waals surface area (Å²) in [5, 5.41) is 12.9. The van der Waals surface area contributed by atoms with E-state index in [0.717, 1.165) is 37.6 Å². The second-order valence-corrected chi connectivity index (χ2v) is 6.16. The number of nitrogens with one attached hydrogen (secondary N) is 1. The number of piperidine rings is 1. The Morgan fingerprint density at radius 2 is 1.96 bits per heavy atom. The molecule has 2 heterocycles. The number of aliphatic hydroxyl groups excluding tert-OH is 1. The average molecular weight is 486 g/mol. The van der Waals surface area contributed by atoms with Crippen LogP contribution in [0.15, 0.2) is 47.6 Å². The molecule has 0 amide bonds. The number of ether oxygens (including phenoxy) is 1. The fourth-order valence-electron chi connectivity index (χ4n) is 2.83. The van der Waals surface area contributed by atoms with E-state index in [1.54, 1.807) is 31.4 Å². The molecule has 8 heteroatoms. The molecule has 1 aliphatic heterocycles. The van der Waals surface area contributed by atoms with Crippen molar-refractivity contribution < 1.29 is 14.2 Å². The number of halogens is 2. The minimum absolute atomic E-state index is 0. The van der Waals surface area contributed by atoms with E-state index in [1.165, 1.54) is 12.1 Å². The van der Waals surface area contributed by atoms with E-state index in [9.17, 15) is 9.50 Å². The highest BCUT2D eigenvalue weighted by molar-refractivity contribution is 14.0. The summed E-state index contributed by atoms with van der Waals surface area (Å²) in [7, 11) is 1.74. The van der Waals surface area contributed by atoms with Crippen LogP contribution in [0.1, 0.15) is 18.5 Å². The SMILES string of the molecule is CN=C(NCc1cc(Oc2ccc(F)cc2)ccn1)N1CCC(O)CC1.I. The molecular formula is C19H24FIN4O2. The maximum Gasteiger partial charge on any atom is 0.193 e. The van der Waals surface area contributed by atoms with Crippen molar-refractivity contribution in [3.8, 4) is 11.5 Å². The molecule has 0 aliphatic carbocycles. The van der Waals surface area contributed by atoms with Crippen molar-refractivity contribution in [2.45, 2.75) is 25.5 Å². The first-order valence-corrected chi connectivity index (χ1v) is 8.66. The van der Waals surface area contributed by atoms with Gasteiger partial charge in [-0.05, 0) is 43.2 Å². The van der Waals surface area contributed by atoms with Crippen molar-refractivity contribution in [1.82, 2.24) is 15.2 Å². The number of benzene rings is 1. The molecule has 0 spiro atoms. The van der Waals surface area contributed by atoms with Gasteiger partial charge in [0.1, 0.15) is 17.3 Å². The van der Waals surface area contributed by atoms with E-state index >= 15 is 0 Å². The number of aliphatic imine (C=N–C) groups is 1. The standard InChI is InChI=1S/C19H23FN4O2.HI/c1-21-19(24-10-7-16(25)8-11-24)23-13-15-12-18(6-9-22-15)26-17-4-2-14(20)3-5-17;/h2-6,9,12,16,25H,7-8,10-11,13H2,1H3,(H,21,23);1H. The second-order valence-electron chi connectivity index (χ2n) is 6.16. The van der Waals surface area contributed by atoms with Gasteiger partial charge in [0.2, 0.25) is 0 Å². The lowest BCUT2D eigenvalue weighted by Gasteiger charge is -2.32. The number of hydrogen-bond donors (Lipinski definition) is 2. The van der Waals surface area contributed by atoms with Crippen LogP contribution in [0, 0.1) is 5.82 Å². The van der Waals surface area contributed by atoms with Crippen LogP contribution in [0.3, 0.4) is 0 Å². The molecule has 0 bridgehead atoms. The number of hydrogen-bond acceptors (Lipinski definition) is 4. The van der Waals surface area contributed by atoms with Crippen molar-refractivity contribution in [3.63, 3.8) is 0 Å². The van der Waals surface area contributed by atoms with Crippen LogP contribution in [0.5, 0.6) is 11.5 Å². The highest BCUT2D eigenvalue weighted by atomic mass is 127. The van der Waals surface area contributed by atoms with E-state index < -0.39 is 0 Å². The lowest BCUT2D eigenvalue weighted by Crippen LogP contribution is -2.46. The third kappa shape index (κ3) is 6.31. The monoisotopic (exact) mass is 486 g/mol. The molecule has 1 aromatic carbocycles. The van der Waals surface area contributed by atoms with Crippen molar-refractivity contribution in [3.05, 3.63) is 54.1 Å². The molecule has 0 saturated carbocycles. The molecule has 6 nitrogen and oxygen atoms in total. The van der Waals surface area contributed by atoms with Gasteiger partial charge in [0.25, 0.3) is 0 Å². The van der Waals surface area contributed by atoms with Crippen LogP contribution in [-0.2, 0) is 6.54 Å². The second kappa shape index (κ2) is 10.4. The lowest BCUT2D eigenvalue weighted by atomic mass is 10.1. The number of likely N-dealkylation sites (tertiary alicyclic amines) is 1. The molecule has 3 rings (SSSR count). The van der Waals surface area contributed by atoms with E-state index in [1.807, 2.05) is 6.07 Å². The number of nitrogens with zero attached hydrogens (tertiary/aromatic N) is 3.